The van der Waals surface area contributed by atoms with E-state index in [9.17, 15) is 5.26 Å². The molecule has 0 saturated heterocycles. The summed E-state index contributed by atoms with van der Waals surface area (Å²) in [4.78, 5) is 5.45. The average Bonchev–Trinajstić information content (AvgIpc) is 3.13. The van der Waals surface area contributed by atoms with Crippen LogP contribution in [0.3, 0.4) is 0 Å². The molecule has 0 fully saturated rings. The van der Waals surface area contributed by atoms with Gasteiger partial charge in [0.2, 0.25) is 0 Å². The van der Waals surface area contributed by atoms with Crippen molar-refractivity contribution >= 4 is 75.5 Å². The highest BCUT2D eigenvalue weighted by molar-refractivity contribution is 6.34. The zero-order chi connectivity index (χ0) is 30.4. The van der Waals surface area contributed by atoms with E-state index in [1.807, 2.05) is 24.3 Å². The van der Waals surface area contributed by atoms with Crippen molar-refractivity contribution in [2.75, 3.05) is 0 Å². The third kappa shape index (κ3) is 3.43. The molecule has 0 bridgehead atoms. The van der Waals surface area contributed by atoms with E-state index in [1.54, 1.807) is 0 Å². The summed E-state index contributed by atoms with van der Waals surface area (Å²) in [7, 11) is 0. The van der Waals surface area contributed by atoms with Crippen LogP contribution in [-0.4, -0.2) is 4.98 Å². The maximum atomic E-state index is 9.51. The zero-order valence-corrected chi connectivity index (χ0v) is 24.8. The second-order valence-corrected chi connectivity index (χ2v) is 12.2. The van der Waals surface area contributed by atoms with Crippen molar-refractivity contribution in [2.45, 2.75) is 0 Å². The molecule has 2 heteroatoms. The van der Waals surface area contributed by atoms with Gasteiger partial charge in [0.25, 0.3) is 0 Å². The van der Waals surface area contributed by atoms with Crippen LogP contribution in [-0.2, 0) is 0 Å². The molecule has 2 nitrogen and oxygen atoms in total. The molecule has 0 saturated carbocycles. The first-order chi connectivity index (χ1) is 22.8. The predicted octanol–water partition coefficient (Wildman–Crippen LogP) is 11.8. The lowest BCUT2D eigenvalue weighted by Gasteiger charge is -2.17. The van der Waals surface area contributed by atoms with Gasteiger partial charge in [-0.3, -0.25) is 0 Å². The summed E-state index contributed by atoms with van der Waals surface area (Å²) >= 11 is 0. The van der Waals surface area contributed by atoms with E-state index in [0.29, 0.717) is 5.56 Å². The van der Waals surface area contributed by atoms with Gasteiger partial charge in [-0.2, -0.15) is 5.26 Å². The van der Waals surface area contributed by atoms with Crippen LogP contribution in [0.25, 0.3) is 97.9 Å². The molecule has 10 aromatic rings. The fraction of sp³-hybridized carbons (Fsp3) is 0. The molecule has 10 rings (SSSR count). The van der Waals surface area contributed by atoms with Gasteiger partial charge in [0.1, 0.15) is 0 Å². The highest BCUT2D eigenvalue weighted by Gasteiger charge is 2.19. The minimum Gasteiger partial charge on any atom is -0.247 e. The smallest absolute Gasteiger partial charge is 0.0991 e. The molecule has 0 aliphatic heterocycles. The molecule has 0 unspecified atom stereocenters. The van der Waals surface area contributed by atoms with Crippen LogP contribution in [0, 0.1) is 11.3 Å². The summed E-state index contributed by atoms with van der Waals surface area (Å²) in [5, 5.41) is 25.5. The molecular weight excluding hydrogens is 556 g/mol. The van der Waals surface area contributed by atoms with Gasteiger partial charge < -0.3 is 0 Å². The van der Waals surface area contributed by atoms with Crippen LogP contribution in [0.15, 0.2) is 146 Å². The predicted molar refractivity (Wildman–Crippen MR) is 194 cm³/mol. The largest absolute Gasteiger partial charge is 0.247 e. The molecular formula is C44H24N2. The number of nitriles is 1. The molecule has 0 N–H and O–H groups in total. The number of pyridine rings is 1. The van der Waals surface area contributed by atoms with Crippen molar-refractivity contribution in [3.63, 3.8) is 0 Å². The van der Waals surface area contributed by atoms with Gasteiger partial charge in [0, 0.05) is 21.7 Å². The van der Waals surface area contributed by atoms with Crippen molar-refractivity contribution < 1.29 is 0 Å². The first kappa shape index (κ1) is 25.1. The maximum Gasteiger partial charge on any atom is 0.0991 e. The second kappa shape index (κ2) is 9.35. The molecule has 1 heterocycles. The van der Waals surface area contributed by atoms with E-state index in [-0.39, 0.29) is 0 Å². The first-order valence-corrected chi connectivity index (χ1v) is 15.6. The third-order valence-corrected chi connectivity index (χ3v) is 9.80. The van der Waals surface area contributed by atoms with Crippen LogP contribution in [0.4, 0.5) is 0 Å². The van der Waals surface area contributed by atoms with Gasteiger partial charge in [-0.1, -0.05) is 127 Å². The Labute approximate surface area is 264 Å². The molecule has 210 valence electrons. The van der Waals surface area contributed by atoms with Crippen LogP contribution >= 0.6 is 0 Å². The molecule has 0 spiro atoms. The topological polar surface area (TPSA) is 36.7 Å². The Bertz CT molecular complexity index is 2890. The quantitative estimate of drug-likeness (QED) is 0.191. The fourth-order valence-corrected chi connectivity index (χ4v) is 7.75. The number of aromatic nitrogens is 1. The summed E-state index contributed by atoms with van der Waals surface area (Å²) in [6.07, 6.45) is 0. The van der Waals surface area contributed by atoms with Crippen LogP contribution in [0.2, 0.25) is 0 Å². The Morgan fingerprint density at radius 1 is 0.413 bits per heavy atom. The summed E-state index contributed by atoms with van der Waals surface area (Å²) < 4.78 is 0. The molecule has 46 heavy (non-hydrogen) atoms. The summed E-state index contributed by atoms with van der Waals surface area (Å²) in [5.41, 5.74) is 5.88. The number of nitrogens with zero attached hydrogens (tertiary/aromatic N) is 2. The fourth-order valence-electron chi connectivity index (χ4n) is 7.75. The number of fused-ring (bicyclic) bond motifs is 8. The molecule has 0 aliphatic rings. The lowest BCUT2D eigenvalue weighted by molar-refractivity contribution is 1.42. The van der Waals surface area contributed by atoms with Crippen LogP contribution in [0.5, 0.6) is 0 Å². The van der Waals surface area contributed by atoms with Gasteiger partial charge in [-0.05, 0) is 83.2 Å². The lowest BCUT2D eigenvalue weighted by atomic mass is 9.88. The molecule has 9 aromatic carbocycles. The second-order valence-electron chi connectivity index (χ2n) is 12.2. The van der Waals surface area contributed by atoms with Crippen molar-refractivity contribution in [3.05, 3.63) is 151 Å². The number of hydrogen-bond donors (Lipinski definition) is 0. The van der Waals surface area contributed by atoms with E-state index < -0.39 is 0 Å². The normalized spacial score (nSPS) is 11.9. The zero-order valence-electron chi connectivity index (χ0n) is 24.8. The van der Waals surface area contributed by atoms with Gasteiger partial charge in [0.05, 0.1) is 22.8 Å². The van der Waals surface area contributed by atoms with Gasteiger partial charge in [0.15, 0.2) is 0 Å². The minimum absolute atomic E-state index is 0.639. The Morgan fingerprint density at radius 3 is 1.72 bits per heavy atom. The SMILES string of the molecule is N#Cc1ccc(-c2nc3cc(-c4ccc5ccc6cccc7ccc4c5c67)ccc3c3c4ccccc4c4ccccc4c23)cc1. The van der Waals surface area contributed by atoms with E-state index in [0.717, 1.165) is 33.1 Å². The maximum absolute atomic E-state index is 9.51. The number of rotatable bonds is 2. The Morgan fingerprint density at radius 2 is 1.00 bits per heavy atom. The Balaban J connectivity index is 1.33. The molecule has 0 atom stereocenters. The summed E-state index contributed by atoms with van der Waals surface area (Å²) in [5.74, 6) is 0. The van der Waals surface area contributed by atoms with E-state index >= 15 is 0 Å². The first-order valence-electron chi connectivity index (χ1n) is 15.6. The average molecular weight is 581 g/mol. The number of benzene rings is 9. The summed E-state index contributed by atoms with van der Waals surface area (Å²) in [6.45, 7) is 0. The molecule has 0 amide bonds. The monoisotopic (exact) mass is 580 g/mol. The highest BCUT2D eigenvalue weighted by Crippen LogP contribution is 2.44. The van der Waals surface area contributed by atoms with Crippen molar-refractivity contribution in [3.8, 4) is 28.5 Å². The molecule has 0 radical (unpaired) electrons. The van der Waals surface area contributed by atoms with Crippen LogP contribution in [0.1, 0.15) is 5.56 Å². The van der Waals surface area contributed by atoms with Gasteiger partial charge in [-0.15, -0.1) is 0 Å². The standard InChI is InChI=1S/C44H24N2/c45-25-26-12-14-30(15-13-26)44-43-36-11-4-2-9-34(36)33-8-1-3-10-35(33)42(43)38-23-20-31(24-39(38)46-44)32-21-18-29-17-16-27-6-5-7-28-19-22-37(32)41(29)40(27)28/h1-24H. The molecule has 0 aliphatic carbocycles. The highest BCUT2D eigenvalue weighted by atomic mass is 14.7. The van der Waals surface area contributed by atoms with E-state index in [1.165, 1.54) is 64.8 Å². The minimum atomic E-state index is 0.639. The summed E-state index contributed by atoms with van der Waals surface area (Å²) in [6, 6.07) is 54.3. The van der Waals surface area contributed by atoms with Crippen molar-refractivity contribution in [1.82, 2.24) is 4.98 Å². The Kier molecular flexibility index (Phi) is 5.10. The van der Waals surface area contributed by atoms with Crippen molar-refractivity contribution in [1.29, 1.82) is 5.26 Å². The van der Waals surface area contributed by atoms with E-state index in [4.69, 9.17) is 4.98 Å². The number of hydrogen-bond acceptors (Lipinski definition) is 2. The molecule has 1 aromatic heterocycles. The van der Waals surface area contributed by atoms with Gasteiger partial charge in [-0.25, -0.2) is 4.98 Å². The van der Waals surface area contributed by atoms with Crippen LogP contribution < -0.4 is 0 Å². The van der Waals surface area contributed by atoms with Gasteiger partial charge >= 0.3 is 0 Å². The van der Waals surface area contributed by atoms with Crippen molar-refractivity contribution in [2.24, 2.45) is 0 Å². The van der Waals surface area contributed by atoms with E-state index in [2.05, 4.69) is 127 Å². The Hall–Kier alpha value is -6.30. The lowest BCUT2D eigenvalue weighted by Crippen LogP contribution is -1.94. The third-order valence-electron chi connectivity index (χ3n) is 9.80.